The number of benzene rings is 1. The first-order valence-electron chi connectivity index (χ1n) is 6.13. The summed E-state index contributed by atoms with van der Waals surface area (Å²) in [5, 5.41) is 28.1. The molecule has 0 atom stereocenters. The topological polar surface area (TPSA) is 108 Å². The van der Waals surface area contributed by atoms with Crippen molar-refractivity contribution < 1.29 is 19.7 Å². The molecule has 0 bridgehead atoms. The molecule has 1 aromatic heterocycles. The zero-order chi connectivity index (χ0) is 16.3. The Morgan fingerprint density at radius 1 is 1.45 bits per heavy atom. The van der Waals surface area contributed by atoms with E-state index in [1.165, 1.54) is 6.07 Å². The maximum atomic E-state index is 10.9. The van der Waals surface area contributed by atoms with Gasteiger partial charge in [0.05, 0.1) is 5.02 Å². The molecule has 2 aromatic rings. The molecular weight excluding hydrogens is 310 g/mol. The third kappa shape index (κ3) is 3.97. The first-order chi connectivity index (χ1) is 10.3. The smallest absolute Gasteiger partial charge is 0.362 e. The van der Waals surface area contributed by atoms with E-state index < -0.39 is 11.6 Å². The minimum absolute atomic E-state index is 0.101. The Balaban J connectivity index is 2.31. The van der Waals surface area contributed by atoms with Crippen LogP contribution in [0.3, 0.4) is 0 Å². The fourth-order valence-electron chi connectivity index (χ4n) is 1.43. The lowest BCUT2D eigenvalue weighted by molar-refractivity contribution is 0.0687. The minimum atomic E-state index is -1.26. The molecule has 0 amide bonds. The Kier molecular flexibility index (Phi) is 4.35. The van der Waals surface area contributed by atoms with Crippen LogP contribution in [0.4, 0.5) is 0 Å². The number of aromatic carboxylic acids is 1. The molecule has 2 rings (SSSR count). The summed E-state index contributed by atoms with van der Waals surface area (Å²) in [7, 11) is 0. The minimum Gasteiger partial charge on any atom is -0.476 e. The van der Waals surface area contributed by atoms with E-state index in [0.29, 0.717) is 16.3 Å². The van der Waals surface area contributed by atoms with Crippen LogP contribution < -0.4 is 4.74 Å². The number of H-pyrrole nitrogens is 1. The van der Waals surface area contributed by atoms with Crippen LogP contribution in [-0.2, 0) is 0 Å². The highest BCUT2D eigenvalue weighted by Crippen LogP contribution is 2.26. The lowest BCUT2D eigenvalue weighted by Gasteiger charge is -2.07. The van der Waals surface area contributed by atoms with Crippen molar-refractivity contribution in [3.05, 3.63) is 34.5 Å². The molecule has 0 aliphatic carbocycles. The molecular formula is C14H12ClN3O4. The van der Waals surface area contributed by atoms with Gasteiger partial charge in [-0.2, -0.15) is 0 Å². The zero-order valence-corrected chi connectivity index (χ0v) is 12.5. The number of carbonyl (C=O) groups is 1. The van der Waals surface area contributed by atoms with Gasteiger partial charge in [0.15, 0.2) is 0 Å². The lowest BCUT2D eigenvalue weighted by atomic mass is 10.1. The van der Waals surface area contributed by atoms with E-state index in [-0.39, 0.29) is 11.6 Å². The lowest BCUT2D eigenvalue weighted by Crippen LogP contribution is -2.14. The van der Waals surface area contributed by atoms with Gasteiger partial charge in [0.25, 0.3) is 5.88 Å². The first-order valence-corrected chi connectivity index (χ1v) is 6.51. The van der Waals surface area contributed by atoms with Crippen molar-refractivity contribution in [2.75, 3.05) is 0 Å². The second-order valence-electron chi connectivity index (χ2n) is 4.85. The average Bonchev–Trinajstić information content (AvgIpc) is 2.86. The summed E-state index contributed by atoms with van der Waals surface area (Å²) in [5.74, 6) is 4.31. The van der Waals surface area contributed by atoms with Gasteiger partial charge in [-0.05, 0) is 32.0 Å². The van der Waals surface area contributed by atoms with Gasteiger partial charge in [-0.1, -0.05) is 28.7 Å². The predicted octanol–water partition coefficient (Wildman–Crippen LogP) is 2.07. The molecule has 22 heavy (non-hydrogen) atoms. The average molecular weight is 322 g/mol. The first kappa shape index (κ1) is 15.8. The molecule has 0 aliphatic heterocycles. The highest BCUT2D eigenvalue weighted by Gasteiger charge is 2.17. The van der Waals surface area contributed by atoms with Crippen molar-refractivity contribution in [3.8, 4) is 23.5 Å². The van der Waals surface area contributed by atoms with E-state index in [4.69, 9.17) is 21.4 Å². The van der Waals surface area contributed by atoms with Crippen LogP contribution in [0.2, 0.25) is 5.02 Å². The maximum absolute atomic E-state index is 10.9. The van der Waals surface area contributed by atoms with E-state index in [9.17, 15) is 9.90 Å². The summed E-state index contributed by atoms with van der Waals surface area (Å²) in [6.45, 7) is 3.09. The number of carboxylic acids is 1. The van der Waals surface area contributed by atoms with Gasteiger partial charge in [-0.3, -0.25) is 0 Å². The summed E-state index contributed by atoms with van der Waals surface area (Å²) in [6.07, 6.45) is 0. The number of hydrogen-bond acceptors (Lipinski definition) is 5. The molecule has 0 spiro atoms. The van der Waals surface area contributed by atoms with Gasteiger partial charge in [0.2, 0.25) is 5.69 Å². The second kappa shape index (κ2) is 6.05. The van der Waals surface area contributed by atoms with Gasteiger partial charge in [0.1, 0.15) is 11.4 Å². The van der Waals surface area contributed by atoms with Crippen LogP contribution >= 0.6 is 11.6 Å². The molecule has 0 saturated carbocycles. The highest BCUT2D eigenvalue weighted by molar-refractivity contribution is 6.31. The maximum Gasteiger partial charge on any atom is 0.362 e. The third-order valence-corrected chi connectivity index (χ3v) is 2.71. The number of hydrogen-bond donors (Lipinski definition) is 3. The molecule has 0 fully saturated rings. The molecule has 0 aliphatic rings. The largest absolute Gasteiger partial charge is 0.476 e. The number of ether oxygens (including phenoxy) is 1. The van der Waals surface area contributed by atoms with Gasteiger partial charge < -0.3 is 14.9 Å². The standard InChI is InChI=1S/C14H12ClN3O4/c1-14(2,21)6-5-8-7-9(3-4-10(8)15)22-12-11(13(19)20)16-18-17-12/h3-4,7,21H,1-2H3,(H,19,20)(H,16,17,18). The third-order valence-electron chi connectivity index (χ3n) is 2.38. The Morgan fingerprint density at radius 2 is 2.18 bits per heavy atom. The SMILES string of the molecule is CC(C)(O)C#Cc1cc(Oc2[nH]nnc2C(=O)O)ccc1Cl. The van der Waals surface area contributed by atoms with Crippen LogP contribution in [0.1, 0.15) is 29.9 Å². The Hall–Kier alpha value is -2.56. The van der Waals surface area contributed by atoms with Crippen molar-refractivity contribution in [3.63, 3.8) is 0 Å². The molecule has 114 valence electrons. The van der Waals surface area contributed by atoms with Gasteiger partial charge in [0, 0.05) is 5.56 Å². The number of nitrogens with one attached hydrogen (secondary N) is 1. The Labute approximate surface area is 130 Å². The second-order valence-corrected chi connectivity index (χ2v) is 5.25. The summed E-state index contributed by atoms with van der Waals surface area (Å²) in [4.78, 5) is 10.9. The van der Waals surface area contributed by atoms with Gasteiger partial charge in [-0.15, -0.1) is 5.10 Å². The molecule has 7 nitrogen and oxygen atoms in total. The summed E-state index contributed by atoms with van der Waals surface area (Å²) < 4.78 is 5.39. The molecule has 8 heteroatoms. The van der Waals surface area contributed by atoms with Crippen LogP contribution in [0.25, 0.3) is 0 Å². The quantitative estimate of drug-likeness (QED) is 0.747. The van der Waals surface area contributed by atoms with Crippen molar-refractivity contribution in [1.82, 2.24) is 15.4 Å². The van der Waals surface area contributed by atoms with Gasteiger partial charge in [-0.25, -0.2) is 9.89 Å². The Morgan fingerprint density at radius 3 is 2.82 bits per heavy atom. The number of aliphatic hydroxyl groups is 1. The van der Waals surface area contributed by atoms with Crippen LogP contribution in [0, 0.1) is 11.8 Å². The van der Waals surface area contributed by atoms with Crippen molar-refractivity contribution in [2.45, 2.75) is 19.4 Å². The number of halogens is 1. The summed E-state index contributed by atoms with van der Waals surface area (Å²) >= 11 is 6.02. The molecule has 0 unspecified atom stereocenters. The van der Waals surface area contributed by atoms with E-state index in [1.54, 1.807) is 26.0 Å². The fraction of sp³-hybridized carbons (Fsp3) is 0.214. The zero-order valence-electron chi connectivity index (χ0n) is 11.7. The van der Waals surface area contributed by atoms with Crippen molar-refractivity contribution in [2.24, 2.45) is 0 Å². The summed E-state index contributed by atoms with van der Waals surface area (Å²) in [6, 6.07) is 4.62. The van der Waals surface area contributed by atoms with Crippen LogP contribution in [0.15, 0.2) is 18.2 Å². The van der Waals surface area contributed by atoms with Crippen molar-refractivity contribution >= 4 is 17.6 Å². The fourth-order valence-corrected chi connectivity index (χ4v) is 1.60. The van der Waals surface area contributed by atoms with E-state index >= 15 is 0 Å². The van der Waals surface area contributed by atoms with E-state index in [2.05, 4.69) is 27.3 Å². The number of rotatable bonds is 3. The monoisotopic (exact) mass is 321 g/mol. The Bertz CT molecular complexity index is 768. The number of aromatic nitrogens is 3. The van der Waals surface area contributed by atoms with E-state index in [0.717, 1.165) is 0 Å². The predicted molar refractivity (Wildman–Crippen MR) is 78.0 cm³/mol. The van der Waals surface area contributed by atoms with Crippen molar-refractivity contribution in [1.29, 1.82) is 0 Å². The number of carboxylic acid groups (broad SMARTS) is 1. The molecule has 1 aromatic carbocycles. The molecule has 1 heterocycles. The van der Waals surface area contributed by atoms with Crippen LogP contribution in [0.5, 0.6) is 11.6 Å². The van der Waals surface area contributed by atoms with E-state index in [1.807, 2.05) is 0 Å². The molecule has 3 N–H and O–H groups in total. The van der Waals surface area contributed by atoms with Crippen LogP contribution in [-0.4, -0.2) is 37.2 Å². The molecule has 0 saturated heterocycles. The molecule has 0 radical (unpaired) electrons. The van der Waals surface area contributed by atoms with Gasteiger partial charge >= 0.3 is 5.97 Å². The highest BCUT2D eigenvalue weighted by atomic mass is 35.5. The number of nitrogens with zero attached hydrogens (tertiary/aromatic N) is 2. The normalized spacial score (nSPS) is 10.7. The number of aromatic amines is 1. The summed E-state index contributed by atoms with van der Waals surface area (Å²) in [5.41, 5.74) is -1.06.